The van der Waals surface area contributed by atoms with Gasteiger partial charge in [-0.3, -0.25) is 4.90 Å². The molecular formula is C16H18N2O2S. The van der Waals surface area contributed by atoms with Gasteiger partial charge in [0.2, 0.25) is 6.79 Å². The third-order valence-corrected chi connectivity index (χ3v) is 4.97. The second kappa shape index (κ2) is 5.67. The van der Waals surface area contributed by atoms with Gasteiger partial charge in [-0.25, -0.2) is 0 Å². The van der Waals surface area contributed by atoms with E-state index in [-0.39, 0.29) is 0 Å². The standard InChI is InChI=1S/C16H18N2O2S/c1-2-15(21-9-1)16(18-7-5-17-6-8-18)12-3-4-13-14(10-12)20-11-19-13/h1-4,9-10,16-17H,5-8,11H2. The molecule has 0 aliphatic carbocycles. The second-order valence-electron chi connectivity index (χ2n) is 5.32. The number of nitrogens with zero attached hydrogens (tertiary/aromatic N) is 1. The Morgan fingerprint density at radius 2 is 1.95 bits per heavy atom. The normalized spacial score (nSPS) is 19.6. The van der Waals surface area contributed by atoms with Crippen LogP contribution in [-0.2, 0) is 0 Å². The van der Waals surface area contributed by atoms with Crippen LogP contribution in [0.25, 0.3) is 0 Å². The van der Waals surface area contributed by atoms with Gasteiger partial charge in [0.1, 0.15) is 0 Å². The molecule has 110 valence electrons. The highest BCUT2D eigenvalue weighted by molar-refractivity contribution is 7.10. The Balaban J connectivity index is 1.71. The van der Waals surface area contributed by atoms with Crippen LogP contribution in [0.2, 0.25) is 0 Å². The van der Waals surface area contributed by atoms with Crippen LogP contribution in [0.15, 0.2) is 35.7 Å². The number of piperazine rings is 1. The first-order chi connectivity index (χ1) is 10.4. The summed E-state index contributed by atoms with van der Waals surface area (Å²) in [4.78, 5) is 3.93. The maximum atomic E-state index is 5.54. The number of hydrogen-bond acceptors (Lipinski definition) is 5. The second-order valence-corrected chi connectivity index (χ2v) is 6.30. The summed E-state index contributed by atoms with van der Waals surface area (Å²) in [6.07, 6.45) is 0. The Labute approximate surface area is 128 Å². The van der Waals surface area contributed by atoms with Gasteiger partial charge in [0.25, 0.3) is 0 Å². The molecular weight excluding hydrogens is 284 g/mol. The Kier molecular flexibility index (Phi) is 3.55. The molecule has 1 unspecified atom stereocenters. The molecule has 4 nitrogen and oxygen atoms in total. The van der Waals surface area contributed by atoms with E-state index in [0.717, 1.165) is 37.7 Å². The van der Waals surface area contributed by atoms with E-state index < -0.39 is 0 Å². The number of fused-ring (bicyclic) bond motifs is 1. The van der Waals surface area contributed by atoms with Gasteiger partial charge in [-0.1, -0.05) is 12.1 Å². The van der Waals surface area contributed by atoms with E-state index >= 15 is 0 Å². The third kappa shape index (κ3) is 2.52. The van der Waals surface area contributed by atoms with Gasteiger partial charge in [-0.05, 0) is 29.1 Å². The van der Waals surface area contributed by atoms with E-state index in [4.69, 9.17) is 9.47 Å². The lowest BCUT2D eigenvalue weighted by molar-refractivity contribution is 0.173. The summed E-state index contributed by atoms with van der Waals surface area (Å²) in [5.41, 5.74) is 1.28. The molecule has 2 aliphatic heterocycles. The van der Waals surface area contributed by atoms with Crippen molar-refractivity contribution in [2.75, 3.05) is 33.0 Å². The molecule has 1 atom stereocenters. The first-order valence-electron chi connectivity index (χ1n) is 7.29. The molecule has 1 saturated heterocycles. The maximum absolute atomic E-state index is 5.54. The van der Waals surface area contributed by atoms with E-state index in [1.54, 1.807) is 0 Å². The highest BCUT2D eigenvalue weighted by Crippen LogP contribution is 2.38. The van der Waals surface area contributed by atoms with Crippen LogP contribution >= 0.6 is 11.3 Å². The molecule has 5 heteroatoms. The first kappa shape index (κ1) is 13.1. The molecule has 3 heterocycles. The molecule has 0 spiro atoms. The lowest BCUT2D eigenvalue weighted by atomic mass is 10.0. The van der Waals surface area contributed by atoms with Gasteiger partial charge in [0.15, 0.2) is 11.5 Å². The van der Waals surface area contributed by atoms with Crippen molar-refractivity contribution in [3.8, 4) is 11.5 Å². The number of thiophene rings is 1. The zero-order valence-electron chi connectivity index (χ0n) is 11.7. The summed E-state index contributed by atoms with van der Waals surface area (Å²) in [5, 5.41) is 5.58. The van der Waals surface area contributed by atoms with Crippen molar-refractivity contribution in [1.82, 2.24) is 10.2 Å². The van der Waals surface area contributed by atoms with Crippen molar-refractivity contribution < 1.29 is 9.47 Å². The molecule has 1 aromatic heterocycles. The molecule has 0 radical (unpaired) electrons. The van der Waals surface area contributed by atoms with Gasteiger partial charge in [0, 0.05) is 31.1 Å². The summed E-state index contributed by atoms with van der Waals surface area (Å²) in [7, 11) is 0. The number of hydrogen-bond donors (Lipinski definition) is 1. The number of benzene rings is 1. The third-order valence-electron chi connectivity index (χ3n) is 4.04. The molecule has 2 aromatic rings. The molecule has 0 saturated carbocycles. The van der Waals surface area contributed by atoms with E-state index in [2.05, 4.69) is 39.9 Å². The van der Waals surface area contributed by atoms with E-state index in [1.165, 1.54) is 10.4 Å². The minimum absolute atomic E-state index is 0.307. The highest BCUT2D eigenvalue weighted by Gasteiger charge is 2.26. The molecule has 21 heavy (non-hydrogen) atoms. The summed E-state index contributed by atoms with van der Waals surface area (Å²) in [6, 6.07) is 11.0. The summed E-state index contributed by atoms with van der Waals surface area (Å²) in [6.45, 7) is 4.56. The van der Waals surface area contributed by atoms with Crippen LogP contribution in [0.5, 0.6) is 11.5 Å². The van der Waals surface area contributed by atoms with E-state index in [1.807, 2.05) is 17.4 Å². The Morgan fingerprint density at radius 1 is 1.10 bits per heavy atom. The average Bonchev–Trinajstić information content (AvgIpc) is 3.19. The van der Waals surface area contributed by atoms with Crippen LogP contribution in [0, 0.1) is 0 Å². The minimum atomic E-state index is 0.307. The van der Waals surface area contributed by atoms with Gasteiger partial charge >= 0.3 is 0 Å². The van der Waals surface area contributed by atoms with Crippen molar-refractivity contribution in [2.45, 2.75) is 6.04 Å². The summed E-state index contributed by atoms with van der Waals surface area (Å²) in [5.74, 6) is 1.72. The van der Waals surface area contributed by atoms with Crippen LogP contribution in [0.1, 0.15) is 16.5 Å². The fourth-order valence-corrected chi connectivity index (χ4v) is 3.91. The van der Waals surface area contributed by atoms with Crippen molar-refractivity contribution >= 4 is 11.3 Å². The maximum Gasteiger partial charge on any atom is 0.231 e. The molecule has 0 amide bonds. The van der Waals surface area contributed by atoms with Crippen molar-refractivity contribution in [1.29, 1.82) is 0 Å². The van der Waals surface area contributed by atoms with Crippen molar-refractivity contribution in [3.05, 3.63) is 46.2 Å². The molecule has 1 N–H and O–H groups in total. The average molecular weight is 302 g/mol. The molecule has 2 aliphatic rings. The Bertz CT molecular complexity index is 609. The van der Waals surface area contributed by atoms with E-state index in [0.29, 0.717) is 12.8 Å². The van der Waals surface area contributed by atoms with Gasteiger partial charge in [-0.15, -0.1) is 11.3 Å². The smallest absolute Gasteiger partial charge is 0.231 e. The van der Waals surface area contributed by atoms with Crippen molar-refractivity contribution in [2.24, 2.45) is 0 Å². The molecule has 1 fully saturated rings. The minimum Gasteiger partial charge on any atom is -0.454 e. The fraction of sp³-hybridized carbons (Fsp3) is 0.375. The number of rotatable bonds is 3. The number of nitrogens with one attached hydrogen (secondary N) is 1. The fourth-order valence-electron chi connectivity index (χ4n) is 3.03. The van der Waals surface area contributed by atoms with Crippen LogP contribution in [0.3, 0.4) is 0 Å². The molecule has 4 rings (SSSR count). The van der Waals surface area contributed by atoms with Crippen LogP contribution < -0.4 is 14.8 Å². The predicted octanol–water partition coefficient (Wildman–Crippen LogP) is 2.47. The van der Waals surface area contributed by atoms with Crippen LogP contribution in [0.4, 0.5) is 0 Å². The SMILES string of the molecule is c1csc(C(c2ccc3c(c2)OCO3)N2CCNCC2)c1. The van der Waals surface area contributed by atoms with Gasteiger partial charge in [0.05, 0.1) is 6.04 Å². The van der Waals surface area contributed by atoms with Gasteiger partial charge in [-0.2, -0.15) is 0 Å². The number of ether oxygens (including phenoxy) is 2. The molecule has 0 bridgehead atoms. The van der Waals surface area contributed by atoms with Gasteiger partial charge < -0.3 is 14.8 Å². The lowest BCUT2D eigenvalue weighted by Crippen LogP contribution is -2.45. The summed E-state index contributed by atoms with van der Waals surface area (Å²) < 4.78 is 11.0. The Hall–Kier alpha value is -1.56. The zero-order valence-corrected chi connectivity index (χ0v) is 12.6. The quantitative estimate of drug-likeness (QED) is 0.944. The van der Waals surface area contributed by atoms with E-state index in [9.17, 15) is 0 Å². The lowest BCUT2D eigenvalue weighted by Gasteiger charge is -2.34. The highest BCUT2D eigenvalue weighted by atomic mass is 32.1. The first-order valence-corrected chi connectivity index (χ1v) is 8.17. The van der Waals surface area contributed by atoms with Crippen LogP contribution in [-0.4, -0.2) is 37.9 Å². The molecule has 1 aromatic carbocycles. The van der Waals surface area contributed by atoms with Crippen molar-refractivity contribution in [3.63, 3.8) is 0 Å². The topological polar surface area (TPSA) is 33.7 Å². The Morgan fingerprint density at radius 3 is 2.76 bits per heavy atom. The monoisotopic (exact) mass is 302 g/mol. The predicted molar refractivity (Wildman–Crippen MR) is 83.2 cm³/mol. The largest absolute Gasteiger partial charge is 0.454 e. The zero-order chi connectivity index (χ0) is 14.1. The summed E-state index contributed by atoms with van der Waals surface area (Å²) >= 11 is 1.82.